The third-order valence-corrected chi connectivity index (χ3v) is 5.57. The summed E-state index contributed by atoms with van der Waals surface area (Å²) in [5, 5.41) is 4.61. The van der Waals surface area contributed by atoms with E-state index in [1.807, 2.05) is 13.8 Å². The predicted molar refractivity (Wildman–Crippen MR) is 98.1 cm³/mol. The van der Waals surface area contributed by atoms with E-state index in [1.54, 1.807) is 18.2 Å². The molecule has 0 heterocycles. The number of nitrogens with two attached hydrogens (primary N) is 1. The number of allylic oxidation sites excluding steroid dienone is 1. The Balaban J connectivity index is 2.90. The van der Waals surface area contributed by atoms with Gasteiger partial charge in [-0.2, -0.15) is 0 Å². The number of sulfonamides is 1. The van der Waals surface area contributed by atoms with Crippen LogP contribution in [0.3, 0.4) is 0 Å². The lowest BCUT2D eigenvalue weighted by Gasteiger charge is -2.38. The molecule has 2 atom stereocenters. The second-order valence-electron chi connectivity index (χ2n) is 6.25. The Hall–Kier alpha value is -0.850. The topological polar surface area (TPSA) is 78.6 Å². The van der Waals surface area contributed by atoms with Crippen molar-refractivity contribution in [2.45, 2.75) is 76.6 Å². The molecule has 0 fully saturated rings. The van der Waals surface area contributed by atoms with Crippen LogP contribution in [0.15, 0.2) is 24.0 Å². The van der Waals surface area contributed by atoms with Crippen LogP contribution in [-0.4, -0.2) is 32.5 Å². The molecule has 2 unspecified atom stereocenters. The van der Waals surface area contributed by atoms with E-state index < -0.39 is 20.9 Å². The molecule has 0 aromatic heterocycles. The van der Waals surface area contributed by atoms with Crippen LogP contribution in [0, 0.1) is 0 Å². The highest BCUT2D eigenvalue weighted by atomic mass is 32.2. The summed E-state index contributed by atoms with van der Waals surface area (Å²) in [5.74, 6) is 0.650. The van der Waals surface area contributed by atoms with Crippen LogP contribution >= 0.6 is 0 Å². The largest absolute Gasteiger partial charge is 0.494 e. The van der Waals surface area contributed by atoms with Crippen LogP contribution in [0.25, 0.3) is 0 Å². The van der Waals surface area contributed by atoms with Crippen LogP contribution in [0.4, 0.5) is 0 Å². The summed E-state index contributed by atoms with van der Waals surface area (Å²) in [6.45, 7) is 6.91. The first-order chi connectivity index (χ1) is 11.4. The first-order valence-electron chi connectivity index (χ1n) is 9.09. The molecule has 1 rings (SSSR count). The van der Waals surface area contributed by atoms with E-state index in [1.165, 1.54) is 19.3 Å². The zero-order chi connectivity index (χ0) is 18.1. The molecule has 24 heavy (non-hydrogen) atoms. The van der Waals surface area contributed by atoms with Gasteiger partial charge in [0.05, 0.1) is 6.61 Å². The van der Waals surface area contributed by atoms with Crippen molar-refractivity contribution in [3.8, 4) is 0 Å². The van der Waals surface area contributed by atoms with Gasteiger partial charge in [-0.05, 0) is 32.4 Å². The van der Waals surface area contributed by atoms with Gasteiger partial charge in [0.1, 0.15) is 16.6 Å². The maximum Gasteiger partial charge on any atom is 0.218 e. The fourth-order valence-electron chi connectivity index (χ4n) is 3.22. The van der Waals surface area contributed by atoms with E-state index in [0.717, 1.165) is 19.3 Å². The molecule has 0 aliphatic heterocycles. The average Bonchev–Trinajstić information content (AvgIpc) is 2.50. The monoisotopic (exact) mass is 359 g/mol. The molecule has 0 spiro atoms. The lowest BCUT2D eigenvalue weighted by atomic mass is 9.87. The minimum Gasteiger partial charge on any atom is -0.494 e. The second-order valence-corrected chi connectivity index (χ2v) is 7.94. The zero-order valence-electron chi connectivity index (χ0n) is 15.3. The Kier molecular flexibility index (Phi) is 9.02. The van der Waals surface area contributed by atoms with Crippen molar-refractivity contribution in [1.82, 2.24) is 0 Å². The van der Waals surface area contributed by atoms with Gasteiger partial charge in [0, 0.05) is 6.61 Å². The van der Waals surface area contributed by atoms with Crippen LogP contribution in [0.5, 0.6) is 0 Å². The highest BCUT2D eigenvalue weighted by Crippen LogP contribution is 2.35. The van der Waals surface area contributed by atoms with Gasteiger partial charge in [-0.1, -0.05) is 51.5 Å². The SMILES string of the molecule is CCCCCCCCC1(OCC)C=C(OCC)C=CC1S(N)(=O)=O. The molecular formula is C18H33NO4S. The van der Waals surface area contributed by atoms with E-state index in [-0.39, 0.29) is 0 Å². The zero-order valence-corrected chi connectivity index (χ0v) is 16.1. The van der Waals surface area contributed by atoms with E-state index in [0.29, 0.717) is 25.4 Å². The standard InChI is InChI=1S/C18H33NO4S/c1-4-7-8-9-10-11-14-18(23-6-3)15-16(22-5-2)12-13-17(18)24(19,20)21/h12-13,15,17H,4-11,14H2,1-3H3,(H2,19,20,21). The van der Waals surface area contributed by atoms with Crippen LogP contribution < -0.4 is 5.14 Å². The Morgan fingerprint density at radius 1 is 1.08 bits per heavy atom. The van der Waals surface area contributed by atoms with E-state index in [2.05, 4.69) is 6.92 Å². The van der Waals surface area contributed by atoms with Crippen molar-refractivity contribution < 1.29 is 17.9 Å². The van der Waals surface area contributed by atoms with Gasteiger partial charge >= 0.3 is 0 Å². The van der Waals surface area contributed by atoms with Gasteiger partial charge < -0.3 is 9.47 Å². The molecule has 1 aliphatic rings. The van der Waals surface area contributed by atoms with Gasteiger partial charge in [0.25, 0.3) is 0 Å². The highest BCUT2D eigenvalue weighted by molar-refractivity contribution is 7.90. The summed E-state index contributed by atoms with van der Waals surface area (Å²) in [7, 11) is -3.76. The average molecular weight is 360 g/mol. The number of hydrogen-bond acceptors (Lipinski definition) is 4. The molecule has 0 saturated heterocycles. The summed E-state index contributed by atoms with van der Waals surface area (Å²) >= 11 is 0. The summed E-state index contributed by atoms with van der Waals surface area (Å²) in [4.78, 5) is 0. The molecular weight excluding hydrogens is 326 g/mol. The van der Waals surface area contributed by atoms with Gasteiger partial charge in [0.2, 0.25) is 10.0 Å². The highest BCUT2D eigenvalue weighted by Gasteiger charge is 2.44. The number of ether oxygens (including phenoxy) is 2. The molecule has 140 valence electrons. The van der Waals surface area contributed by atoms with Crippen molar-refractivity contribution in [1.29, 1.82) is 0 Å². The fourth-order valence-corrected chi connectivity index (χ4v) is 4.33. The fraction of sp³-hybridized carbons (Fsp3) is 0.778. The molecule has 5 nitrogen and oxygen atoms in total. The minimum atomic E-state index is -3.76. The van der Waals surface area contributed by atoms with Gasteiger partial charge in [-0.15, -0.1) is 0 Å². The number of primary sulfonamides is 1. The van der Waals surface area contributed by atoms with Crippen molar-refractivity contribution in [3.05, 3.63) is 24.0 Å². The van der Waals surface area contributed by atoms with Crippen LogP contribution in [0.1, 0.15) is 65.7 Å². The summed E-state index contributed by atoms with van der Waals surface area (Å²) in [5.41, 5.74) is -0.938. The Morgan fingerprint density at radius 3 is 2.33 bits per heavy atom. The molecule has 0 aromatic carbocycles. The number of rotatable bonds is 12. The van der Waals surface area contributed by atoms with Gasteiger partial charge in [-0.3, -0.25) is 0 Å². The van der Waals surface area contributed by atoms with Crippen molar-refractivity contribution in [3.63, 3.8) is 0 Å². The van der Waals surface area contributed by atoms with E-state index >= 15 is 0 Å². The van der Waals surface area contributed by atoms with Crippen molar-refractivity contribution >= 4 is 10.0 Å². The Bertz CT molecular complexity index is 527. The summed E-state index contributed by atoms with van der Waals surface area (Å²) in [6, 6.07) is 0. The third kappa shape index (κ3) is 6.22. The first kappa shape index (κ1) is 21.2. The number of unbranched alkanes of at least 4 members (excludes halogenated alkanes) is 5. The minimum absolute atomic E-state index is 0.422. The summed E-state index contributed by atoms with van der Waals surface area (Å²) < 4.78 is 35.7. The normalized spacial score (nSPS) is 24.0. The maximum absolute atomic E-state index is 12.1. The Labute approximate surface area is 147 Å². The summed E-state index contributed by atoms with van der Waals surface area (Å²) in [6.07, 6.45) is 12.5. The molecule has 1 aliphatic carbocycles. The predicted octanol–water partition coefficient (Wildman–Crippen LogP) is 3.66. The van der Waals surface area contributed by atoms with E-state index in [9.17, 15) is 8.42 Å². The number of hydrogen-bond donors (Lipinski definition) is 1. The molecule has 0 aromatic rings. The Morgan fingerprint density at radius 2 is 1.75 bits per heavy atom. The van der Waals surface area contributed by atoms with E-state index in [4.69, 9.17) is 14.6 Å². The molecule has 0 radical (unpaired) electrons. The third-order valence-electron chi connectivity index (χ3n) is 4.30. The lowest BCUT2D eigenvalue weighted by molar-refractivity contribution is -0.00858. The lowest BCUT2D eigenvalue weighted by Crippen LogP contribution is -2.50. The smallest absolute Gasteiger partial charge is 0.218 e. The van der Waals surface area contributed by atoms with Crippen LogP contribution in [-0.2, 0) is 19.5 Å². The first-order valence-corrected chi connectivity index (χ1v) is 10.7. The van der Waals surface area contributed by atoms with Crippen LogP contribution in [0.2, 0.25) is 0 Å². The molecule has 6 heteroatoms. The molecule has 0 amide bonds. The van der Waals surface area contributed by atoms with Crippen molar-refractivity contribution in [2.75, 3.05) is 13.2 Å². The second kappa shape index (κ2) is 10.2. The molecule has 0 saturated carbocycles. The quantitative estimate of drug-likeness (QED) is 0.539. The van der Waals surface area contributed by atoms with Gasteiger partial charge in [-0.25, -0.2) is 13.6 Å². The maximum atomic E-state index is 12.1. The van der Waals surface area contributed by atoms with Crippen molar-refractivity contribution in [2.24, 2.45) is 5.14 Å². The van der Waals surface area contributed by atoms with Gasteiger partial charge in [0.15, 0.2) is 0 Å². The molecule has 2 N–H and O–H groups in total. The molecule has 0 bridgehead atoms.